The summed E-state index contributed by atoms with van der Waals surface area (Å²) in [7, 11) is -4.63. The Hall–Kier alpha value is -5.79. The molecule has 0 bridgehead atoms. The maximum atomic E-state index is 14.7. The lowest BCUT2D eigenvalue weighted by Gasteiger charge is -2.59. The summed E-state index contributed by atoms with van der Waals surface area (Å²) in [5.41, 5.74) is 3.88. The quantitative estimate of drug-likeness (QED) is 0.0622. The first-order valence-corrected chi connectivity index (χ1v) is 27.2. The Morgan fingerprint density at radius 3 is 2.46 bits per heavy atom. The second kappa shape index (κ2) is 18.6. The second-order valence-electron chi connectivity index (χ2n) is 22.2. The number of amides is 1. The Morgan fingerprint density at radius 1 is 0.931 bits per heavy atom. The van der Waals surface area contributed by atoms with Gasteiger partial charge in [-0.3, -0.25) is 19.8 Å². The van der Waals surface area contributed by atoms with Crippen molar-refractivity contribution in [3.05, 3.63) is 106 Å². The van der Waals surface area contributed by atoms with Gasteiger partial charge in [0, 0.05) is 68.2 Å². The van der Waals surface area contributed by atoms with Crippen LogP contribution in [0.25, 0.3) is 11.0 Å². The van der Waals surface area contributed by atoms with E-state index in [-0.39, 0.29) is 34.7 Å². The number of aromatic amines is 1. The molecule has 4 aliphatic heterocycles. The lowest BCUT2D eigenvalue weighted by Crippen LogP contribution is -2.60. The van der Waals surface area contributed by atoms with Crippen molar-refractivity contribution in [1.29, 1.82) is 0 Å². The maximum Gasteiger partial charge on any atom is 0.293 e. The van der Waals surface area contributed by atoms with Gasteiger partial charge in [0.05, 0.1) is 44.9 Å². The van der Waals surface area contributed by atoms with Crippen molar-refractivity contribution in [2.24, 2.45) is 11.3 Å². The first-order valence-electron chi connectivity index (χ1n) is 25.7. The number of anilines is 4. The third-order valence-corrected chi connectivity index (χ3v) is 18.3. The average Bonchev–Trinajstić information content (AvgIpc) is 3.81. The van der Waals surface area contributed by atoms with Crippen molar-refractivity contribution < 1.29 is 37.8 Å². The number of nitro groups is 1. The first-order chi connectivity index (χ1) is 34.4. The fourth-order valence-electron chi connectivity index (χ4n) is 12.7. The minimum absolute atomic E-state index is 0.102. The van der Waals surface area contributed by atoms with E-state index in [1.807, 2.05) is 38.1 Å². The van der Waals surface area contributed by atoms with E-state index in [1.165, 1.54) is 23.3 Å². The highest BCUT2D eigenvalue weighted by molar-refractivity contribution is 7.90. The molecule has 1 spiro atoms. The second-order valence-corrected chi connectivity index (χ2v) is 23.9. The summed E-state index contributed by atoms with van der Waals surface area (Å²) in [6, 6.07) is 22.1. The number of aromatic nitrogens is 2. The number of fused-ring (bicyclic) bond motifs is 3. The van der Waals surface area contributed by atoms with Crippen molar-refractivity contribution in [3.8, 4) is 5.88 Å². The number of hydrogen-bond donors (Lipinski definition) is 5. The molecule has 0 unspecified atom stereocenters. The molecule has 18 heteroatoms. The van der Waals surface area contributed by atoms with Gasteiger partial charge < -0.3 is 39.8 Å². The third-order valence-electron chi connectivity index (χ3n) is 17.0. The molecule has 382 valence electrons. The van der Waals surface area contributed by atoms with Crippen LogP contribution in [0, 0.1) is 28.4 Å². The molecule has 1 amide bonds. The van der Waals surface area contributed by atoms with Gasteiger partial charge in [0.25, 0.3) is 21.6 Å². The first kappa shape index (κ1) is 48.5. The van der Waals surface area contributed by atoms with Crippen LogP contribution in [0.1, 0.15) is 112 Å². The van der Waals surface area contributed by atoms with Crippen LogP contribution < -0.4 is 24.6 Å². The normalized spacial score (nSPS) is 27.6. The van der Waals surface area contributed by atoms with E-state index in [0.29, 0.717) is 74.5 Å². The number of β-amino-alcohol motifs (C(OH)–C–C–N with tert-alkyl or cyclic N) is 1. The smallest absolute Gasteiger partial charge is 0.293 e. The van der Waals surface area contributed by atoms with E-state index in [4.69, 9.17) is 14.5 Å². The summed E-state index contributed by atoms with van der Waals surface area (Å²) in [6.45, 7) is 9.39. The van der Waals surface area contributed by atoms with Crippen molar-refractivity contribution >= 4 is 55.4 Å². The number of nitrogens with zero attached hydrogens (tertiary/aromatic N) is 5. The van der Waals surface area contributed by atoms with E-state index in [2.05, 4.69) is 60.9 Å². The monoisotopic (exact) mass is 1000 g/mol. The van der Waals surface area contributed by atoms with Crippen LogP contribution in [-0.4, -0.2) is 113 Å². The minimum atomic E-state index is -4.63. The molecule has 2 saturated carbocycles. The number of piperidine rings is 2. The predicted octanol–water partition coefficient (Wildman–Crippen LogP) is 8.28. The standard InChI is InChI=1S/C54H66N8O9S/c1-34-6-4-5-7-40(34)43-14-19-53(3,65)33-60(43)38-29-54(30-38)20-23-59(24-21-54)37-8-10-41(45(27-37)61-44-16-25-70-32-48(44)71-51-47(61)26-36-15-22-55-49(36)57-51)50(63)58-72(68,69)39-9-11-42(46(28-39)62(66)67)56-31-35-12-17-52(2,64)18-13-35/h4-11,15,22,26-28,35,38,43-44,48,56,64-65H,12-14,16-21,23-25,29-33H2,1-3H3,(H,55,57)(H,58,63)/t35?,43-,44-,48-,52?,53-/m0/s1. The van der Waals surface area contributed by atoms with Crippen molar-refractivity contribution in [2.45, 2.75) is 132 Å². The fraction of sp³-hybridized carbons (Fsp3) is 0.519. The molecule has 11 rings (SSSR count). The molecule has 5 aromatic rings. The van der Waals surface area contributed by atoms with Gasteiger partial charge in [-0.05, 0) is 156 Å². The Labute approximate surface area is 420 Å². The number of carbonyl (C=O) groups excluding carboxylic acids is 1. The van der Waals surface area contributed by atoms with Gasteiger partial charge in [0.2, 0.25) is 5.88 Å². The molecule has 2 aliphatic carbocycles. The number of sulfonamides is 1. The van der Waals surface area contributed by atoms with Crippen LogP contribution in [0.4, 0.5) is 28.4 Å². The molecular formula is C54H66N8O9S. The fourth-order valence-corrected chi connectivity index (χ4v) is 13.7. The predicted molar refractivity (Wildman–Crippen MR) is 275 cm³/mol. The van der Waals surface area contributed by atoms with E-state index >= 15 is 0 Å². The zero-order chi connectivity index (χ0) is 50.2. The van der Waals surface area contributed by atoms with E-state index in [0.717, 1.165) is 81.6 Å². The number of carbonyl (C=O) groups is 1. The Balaban J connectivity index is 0.870. The third kappa shape index (κ3) is 9.40. The number of aryl methyl sites for hydroxylation is 1. The lowest BCUT2D eigenvalue weighted by molar-refractivity contribution is -0.384. The molecule has 3 aromatic carbocycles. The minimum Gasteiger partial charge on any atom is -0.468 e. The van der Waals surface area contributed by atoms with Gasteiger partial charge in [-0.2, -0.15) is 4.98 Å². The number of aliphatic hydroxyl groups is 2. The SMILES string of the molecule is Cc1ccccc1[C@@H]1CC[C@](C)(O)CN1C1CC2(CCN(c3ccc(C(=O)NS(=O)(=O)c4ccc(NCC5CCC(C)(O)CC5)c([N+](=O)[O-])c4)c(N4c5cc6cc[nH]c6nc5O[C@H]5COCC[C@@H]54)c3)CC2)C1. The summed E-state index contributed by atoms with van der Waals surface area (Å²) in [5.74, 6) is -0.338. The molecule has 72 heavy (non-hydrogen) atoms. The largest absolute Gasteiger partial charge is 0.468 e. The summed E-state index contributed by atoms with van der Waals surface area (Å²) in [5, 5.41) is 38.0. The van der Waals surface area contributed by atoms with Crippen molar-refractivity contribution in [3.63, 3.8) is 0 Å². The molecule has 0 radical (unpaired) electrons. The molecule has 2 aromatic heterocycles. The van der Waals surface area contributed by atoms with Gasteiger partial charge in [-0.25, -0.2) is 13.1 Å². The molecule has 5 N–H and O–H groups in total. The van der Waals surface area contributed by atoms with Crippen LogP contribution >= 0.6 is 0 Å². The highest BCUT2D eigenvalue weighted by Gasteiger charge is 2.51. The number of H-pyrrole nitrogens is 1. The summed E-state index contributed by atoms with van der Waals surface area (Å²) >= 11 is 0. The lowest BCUT2D eigenvalue weighted by atomic mass is 9.59. The number of pyridine rings is 1. The van der Waals surface area contributed by atoms with Crippen molar-refractivity contribution in [1.82, 2.24) is 19.6 Å². The van der Waals surface area contributed by atoms with Gasteiger partial charge in [-0.15, -0.1) is 0 Å². The average molecular weight is 1000 g/mol. The maximum absolute atomic E-state index is 14.7. The topological polar surface area (TPSA) is 216 Å². The molecule has 6 aliphatic rings. The zero-order valence-corrected chi connectivity index (χ0v) is 42.1. The molecule has 3 saturated heterocycles. The number of nitrogens with one attached hydrogen (secondary N) is 3. The number of rotatable bonds is 11. The molecule has 4 atom stereocenters. The molecule has 5 fully saturated rings. The van der Waals surface area contributed by atoms with E-state index in [9.17, 15) is 33.5 Å². The number of ether oxygens (including phenoxy) is 2. The number of likely N-dealkylation sites (tertiary alicyclic amines) is 1. The number of nitro benzene ring substituents is 1. The molecule has 17 nitrogen and oxygen atoms in total. The Bertz CT molecular complexity index is 2990. The Morgan fingerprint density at radius 2 is 1.69 bits per heavy atom. The van der Waals surface area contributed by atoms with E-state index in [1.54, 1.807) is 12.3 Å². The highest BCUT2D eigenvalue weighted by Crippen LogP contribution is 2.55. The zero-order valence-electron chi connectivity index (χ0n) is 41.3. The number of benzene rings is 3. The van der Waals surface area contributed by atoms with Crippen LogP contribution in [0.2, 0.25) is 0 Å². The van der Waals surface area contributed by atoms with Gasteiger partial charge in [0.15, 0.2) is 0 Å². The van der Waals surface area contributed by atoms with Gasteiger partial charge >= 0.3 is 0 Å². The summed E-state index contributed by atoms with van der Waals surface area (Å²) < 4.78 is 43.0. The van der Waals surface area contributed by atoms with Crippen LogP contribution in [0.3, 0.4) is 0 Å². The van der Waals surface area contributed by atoms with Crippen LogP contribution in [0.5, 0.6) is 5.88 Å². The van der Waals surface area contributed by atoms with Gasteiger partial charge in [0.1, 0.15) is 23.1 Å². The van der Waals surface area contributed by atoms with Crippen LogP contribution in [0.15, 0.2) is 83.9 Å². The summed E-state index contributed by atoms with van der Waals surface area (Å²) in [4.78, 5) is 41.0. The number of hydrogen-bond acceptors (Lipinski definition) is 14. The molecule has 6 heterocycles. The van der Waals surface area contributed by atoms with E-state index < -0.39 is 48.7 Å². The van der Waals surface area contributed by atoms with Gasteiger partial charge in [-0.1, -0.05) is 24.3 Å². The highest BCUT2D eigenvalue weighted by atomic mass is 32.2. The van der Waals surface area contributed by atoms with Crippen LogP contribution in [-0.2, 0) is 14.8 Å². The molecular weight excluding hydrogens is 937 g/mol. The van der Waals surface area contributed by atoms with Crippen molar-refractivity contribution in [2.75, 3.05) is 54.5 Å². The summed E-state index contributed by atoms with van der Waals surface area (Å²) in [6.07, 6.45) is 10.5. The Kier molecular flexibility index (Phi) is 12.5.